The minimum atomic E-state index is -0.765. The summed E-state index contributed by atoms with van der Waals surface area (Å²) in [5.74, 6) is 0.217. The second kappa shape index (κ2) is 5.07. The molecule has 0 aromatic heterocycles. The zero-order chi connectivity index (χ0) is 14.1. The smallest absolute Gasteiger partial charge is 0.143 e. The van der Waals surface area contributed by atoms with Crippen molar-refractivity contribution in [3.8, 4) is 0 Å². The number of carbonyl (C=O) groups excluding carboxylic acids is 1. The quantitative estimate of drug-likeness (QED) is 0.755. The summed E-state index contributed by atoms with van der Waals surface area (Å²) in [7, 11) is 0. The molecule has 0 amide bonds. The maximum atomic E-state index is 12.3. The largest absolute Gasteiger partial charge is 0.358 e. The van der Waals surface area contributed by atoms with Gasteiger partial charge in [-0.25, -0.2) is 0 Å². The van der Waals surface area contributed by atoms with E-state index in [-0.39, 0.29) is 17.3 Å². The zero-order valence-electron chi connectivity index (χ0n) is 12.7. The van der Waals surface area contributed by atoms with Gasteiger partial charge in [0.1, 0.15) is 11.5 Å². The van der Waals surface area contributed by atoms with Gasteiger partial charge in [0.15, 0.2) is 0 Å². The standard InChI is InChI=1S/C14H29NO2/c1-10(2)17-14(8,15)9-13(6,7)11(16)12(3,4)5/h10H,9,15H2,1-8H3. The van der Waals surface area contributed by atoms with Gasteiger partial charge in [-0.15, -0.1) is 0 Å². The highest BCUT2D eigenvalue weighted by atomic mass is 16.5. The van der Waals surface area contributed by atoms with Crippen molar-refractivity contribution in [2.24, 2.45) is 16.6 Å². The summed E-state index contributed by atoms with van der Waals surface area (Å²) in [5.41, 5.74) is 4.52. The lowest BCUT2D eigenvalue weighted by atomic mass is 9.71. The lowest BCUT2D eigenvalue weighted by Crippen LogP contribution is -2.48. The van der Waals surface area contributed by atoms with Gasteiger partial charge < -0.3 is 10.5 Å². The van der Waals surface area contributed by atoms with Crippen LogP contribution in [-0.2, 0) is 9.53 Å². The highest BCUT2D eigenvalue weighted by Gasteiger charge is 2.40. The van der Waals surface area contributed by atoms with Crippen LogP contribution in [0.15, 0.2) is 0 Å². The average molecular weight is 243 g/mol. The number of nitrogens with two attached hydrogens (primary N) is 1. The van der Waals surface area contributed by atoms with Crippen molar-refractivity contribution in [1.82, 2.24) is 0 Å². The third-order valence-corrected chi connectivity index (χ3v) is 2.59. The molecule has 0 aromatic carbocycles. The SMILES string of the molecule is CC(C)OC(C)(N)CC(C)(C)C(=O)C(C)(C)C. The van der Waals surface area contributed by atoms with Gasteiger partial charge in [-0.05, 0) is 20.8 Å². The Morgan fingerprint density at radius 1 is 1.12 bits per heavy atom. The molecular weight excluding hydrogens is 214 g/mol. The normalized spacial score (nSPS) is 17.1. The Labute approximate surface area is 106 Å². The van der Waals surface area contributed by atoms with E-state index in [0.29, 0.717) is 6.42 Å². The van der Waals surface area contributed by atoms with E-state index in [9.17, 15) is 4.79 Å². The first-order chi connectivity index (χ1) is 7.28. The van der Waals surface area contributed by atoms with E-state index in [1.54, 1.807) is 0 Å². The lowest BCUT2D eigenvalue weighted by molar-refractivity contribution is -0.142. The fraction of sp³-hybridized carbons (Fsp3) is 0.929. The van der Waals surface area contributed by atoms with Gasteiger partial charge >= 0.3 is 0 Å². The lowest BCUT2D eigenvalue weighted by Gasteiger charge is -2.38. The van der Waals surface area contributed by atoms with Crippen molar-refractivity contribution in [3.63, 3.8) is 0 Å². The third-order valence-electron chi connectivity index (χ3n) is 2.59. The van der Waals surface area contributed by atoms with Gasteiger partial charge in [0.25, 0.3) is 0 Å². The Bertz CT molecular complexity index is 272. The number of rotatable bonds is 5. The van der Waals surface area contributed by atoms with Crippen LogP contribution in [0.4, 0.5) is 0 Å². The van der Waals surface area contributed by atoms with Crippen molar-refractivity contribution in [3.05, 3.63) is 0 Å². The summed E-state index contributed by atoms with van der Waals surface area (Å²) in [5, 5.41) is 0. The van der Waals surface area contributed by atoms with Gasteiger partial charge in [-0.3, -0.25) is 4.79 Å². The second-order valence-electron chi connectivity index (χ2n) is 7.12. The molecule has 3 nitrogen and oxygen atoms in total. The van der Waals surface area contributed by atoms with Crippen LogP contribution in [0.1, 0.15) is 61.8 Å². The predicted octanol–water partition coefficient (Wildman–Crippen LogP) is 3.12. The Morgan fingerprint density at radius 3 is 1.82 bits per heavy atom. The van der Waals surface area contributed by atoms with Crippen LogP contribution >= 0.6 is 0 Å². The molecule has 0 aliphatic heterocycles. The Kier molecular flexibility index (Phi) is 4.95. The molecule has 0 aliphatic rings. The van der Waals surface area contributed by atoms with E-state index in [4.69, 9.17) is 10.5 Å². The first-order valence-corrected chi connectivity index (χ1v) is 6.29. The van der Waals surface area contributed by atoms with Crippen LogP contribution in [0, 0.1) is 10.8 Å². The summed E-state index contributed by atoms with van der Waals surface area (Å²) in [4.78, 5) is 12.3. The number of carbonyl (C=O) groups is 1. The fourth-order valence-electron chi connectivity index (χ4n) is 2.55. The monoisotopic (exact) mass is 243 g/mol. The molecule has 1 unspecified atom stereocenters. The Balaban J connectivity index is 4.81. The number of hydrogen-bond acceptors (Lipinski definition) is 3. The Hall–Kier alpha value is -0.410. The number of hydrogen-bond donors (Lipinski definition) is 1. The molecule has 102 valence electrons. The molecular formula is C14H29NO2. The molecule has 0 saturated heterocycles. The van der Waals surface area contributed by atoms with Gasteiger partial charge in [0, 0.05) is 17.3 Å². The summed E-state index contributed by atoms with van der Waals surface area (Å²) in [6.07, 6.45) is 0.583. The molecule has 0 aromatic rings. The molecule has 3 heteroatoms. The van der Waals surface area contributed by atoms with Crippen LogP contribution in [-0.4, -0.2) is 17.6 Å². The molecule has 0 rings (SSSR count). The highest BCUT2D eigenvalue weighted by molar-refractivity contribution is 5.88. The molecule has 0 fully saturated rings. The van der Waals surface area contributed by atoms with Crippen LogP contribution < -0.4 is 5.73 Å². The van der Waals surface area contributed by atoms with Gasteiger partial charge in [0.05, 0.1) is 6.10 Å². The Morgan fingerprint density at radius 2 is 1.53 bits per heavy atom. The first-order valence-electron chi connectivity index (χ1n) is 6.29. The van der Waals surface area contributed by atoms with Crippen molar-refractivity contribution in [2.45, 2.75) is 73.6 Å². The summed E-state index contributed by atoms with van der Waals surface area (Å²) >= 11 is 0. The molecule has 17 heavy (non-hydrogen) atoms. The van der Waals surface area contributed by atoms with E-state index >= 15 is 0 Å². The average Bonchev–Trinajstić information content (AvgIpc) is 1.95. The molecule has 0 heterocycles. The second-order valence-corrected chi connectivity index (χ2v) is 7.12. The number of ether oxygens (including phenoxy) is 1. The van der Waals surface area contributed by atoms with Crippen LogP contribution in [0.3, 0.4) is 0 Å². The minimum absolute atomic E-state index is 0.0607. The molecule has 0 spiro atoms. The van der Waals surface area contributed by atoms with E-state index in [2.05, 4.69) is 0 Å². The van der Waals surface area contributed by atoms with Gasteiger partial charge in [-0.2, -0.15) is 0 Å². The first kappa shape index (κ1) is 16.6. The minimum Gasteiger partial charge on any atom is -0.358 e. The molecule has 0 bridgehead atoms. The summed E-state index contributed by atoms with van der Waals surface area (Å²) in [6, 6.07) is 0. The number of Topliss-reactive ketones (excluding diaryl/α,β-unsaturated/α-hetero) is 1. The van der Waals surface area contributed by atoms with Gasteiger partial charge in [-0.1, -0.05) is 34.6 Å². The molecule has 0 saturated carbocycles. The molecule has 0 aliphatic carbocycles. The summed E-state index contributed by atoms with van der Waals surface area (Å²) < 4.78 is 5.66. The van der Waals surface area contributed by atoms with E-state index in [0.717, 1.165) is 0 Å². The molecule has 1 atom stereocenters. The van der Waals surface area contributed by atoms with Crippen molar-refractivity contribution >= 4 is 5.78 Å². The maximum Gasteiger partial charge on any atom is 0.143 e. The molecule has 2 N–H and O–H groups in total. The van der Waals surface area contributed by atoms with E-state index in [1.807, 2.05) is 55.4 Å². The molecule has 0 radical (unpaired) electrons. The maximum absolute atomic E-state index is 12.3. The zero-order valence-corrected chi connectivity index (χ0v) is 12.7. The fourth-order valence-corrected chi connectivity index (χ4v) is 2.55. The van der Waals surface area contributed by atoms with E-state index in [1.165, 1.54) is 0 Å². The summed E-state index contributed by atoms with van der Waals surface area (Å²) in [6.45, 7) is 15.4. The van der Waals surface area contributed by atoms with Crippen molar-refractivity contribution in [2.75, 3.05) is 0 Å². The highest BCUT2D eigenvalue weighted by Crippen LogP contribution is 2.35. The van der Waals surface area contributed by atoms with Crippen molar-refractivity contribution in [1.29, 1.82) is 0 Å². The topological polar surface area (TPSA) is 52.3 Å². The van der Waals surface area contributed by atoms with Crippen molar-refractivity contribution < 1.29 is 9.53 Å². The predicted molar refractivity (Wildman–Crippen MR) is 71.7 cm³/mol. The van der Waals surface area contributed by atoms with E-state index < -0.39 is 11.1 Å². The van der Waals surface area contributed by atoms with Crippen LogP contribution in [0.2, 0.25) is 0 Å². The third kappa shape index (κ3) is 5.64. The number of ketones is 1. The van der Waals surface area contributed by atoms with Crippen LogP contribution in [0.25, 0.3) is 0 Å². The van der Waals surface area contributed by atoms with Crippen LogP contribution in [0.5, 0.6) is 0 Å². The van der Waals surface area contributed by atoms with Gasteiger partial charge in [0.2, 0.25) is 0 Å².